The number of nitrogens with two attached hydrogens (primary N) is 1. The zero-order chi connectivity index (χ0) is 27.6. The molecule has 1 fully saturated rings. The fourth-order valence-electron chi connectivity index (χ4n) is 4.86. The van der Waals surface area contributed by atoms with Crippen LogP contribution in [0.25, 0.3) is 33.8 Å². The molecule has 5 aromatic rings. The molecule has 12 heteroatoms. The molecule has 40 heavy (non-hydrogen) atoms. The third kappa shape index (κ3) is 4.84. The molecule has 6 rings (SSSR count). The summed E-state index contributed by atoms with van der Waals surface area (Å²) in [5, 5.41) is 14.7. The van der Waals surface area contributed by atoms with Gasteiger partial charge in [-0.2, -0.15) is 5.26 Å². The molecule has 5 aromatic heterocycles. The number of hydrogen-bond acceptors (Lipinski definition) is 10. The summed E-state index contributed by atoms with van der Waals surface area (Å²) in [5.41, 5.74) is 10.3. The third-order valence-corrected chi connectivity index (χ3v) is 6.91. The Morgan fingerprint density at radius 1 is 1.02 bits per heavy atom. The van der Waals surface area contributed by atoms with E-state index in [0.29, 0.717) is 53.1 Å². The van der Waals surface area contributed by atoms with Gasteiger partial charge in [-0.05, 0) is 62.2 Å². The number of nitrogens with zero attached hydrogens (tertiary/aromatic N) is 9. The molecule has 200 valence electrons. The lowest BCUT2D eigenvalue weighted by atomic mass is 10.1. The smallest absolute Gasteiger partial charge is 0.234 e. The van der Waals surface area contributed by atoms with Gasteiger partial charge in [0.2, 0.25) is 5.82 Å². The van der Waals surface area contributed by atoms with Crippen LogP contribution in [0.2, 0.25) is 0 Å². The topological polar surface area (TPSA) is 147 Å². The first kappa shape index (κ1) is 25.1. The molecule has 0 aromatic carbocycles. The van der Waals surface area contributed by atoms with Crippen molar-refractivity contribution in [1.29, 1.82) is 5.26 Å². The second-order valence-corrected chi connectivity index (χ2v) is 9.56. The molecule has 0 saturated carbocycles. The van der Waals surface area contributed by atoms with E-state index in [4.69, 9.17) is 21.0 Å². The number of anilines is 2. The van der Waals surface area contributed by atoms with Crippen LogP contribution in [0, 0.1) is 11.3 Å². The molecule has 6 heterocycles. The summed E-state index contributed by atoms with van der Waals surface area (Å²) in [6, 6.07) is 15.0. The van der Waals surface area contributed by atoms with Crippen molar-refractivity contribution in [2.24, 2.45) is 0 Å². The largest absolute Gasteiger partial charge is 0.383 e. The zero-order valence-electron chi connectivity index (χ0n) is 21.7. The van der Waals surface area contributed by atoms with E-state index in [9.17, 15) is 4.39 Å². The van der Waals surface area contributed by atoms with Crippen LogP contribution in [0.15, 0.2) is 61.1 Å². The molecule has 11 nitrogen and oxygen atoms in total. The van der Waals surface area contributed by atoms with Crippen molar-refractivity contribution in [3.05, 3.63) is 72.6 Å². The van der Waals surface area contributed by atoms with E-state index in [1.54, 1.807) is 30.7 Å². The van der Waals surface area contributed by atoms with Crippen molar-refractivity contribution < 1.29 is 4.39 Å². The van der Waals surface area contributed by atoms with Crippen molar-refractivity contribution in [3.8, 4) is 28.7 Å². The number of imidazole rings is 1. The number of nitrogen functional groups attached to an aromatic ring is 1. The van der Waals surface area contributed by atoms with E-state index in [2.05, 4.69) is 30.3 Å². The lowest BCUT2D eigenvalue weighted by molar-refractivity contribution is 0.366. The third-order valence-electron chi connectivity index (χ3n) is 6.91. The number of rotatable bonds is 6. The maximum absolute atomic E-state index is 13.7. The highest BCUT2D eigenvalue weighted by molar-refractivity contribution is 5.82. The molecule has 0 bridgehead atoms. The number of fused-ring (bicyclic) bond motifs is 1. The summed E-state index contributed by atoms with van der Waals surface area (Å²) in [5.74, 6) is 1.81. The lowest BCUT2D eigenvalue weighted by Gasteiger charge is -2.35. The number of piperidine rings is 1. The highest BCUT2D eigenvalue weighted by Crippen LogP contribution is 2.30. The van der Waals surface area contributed by atoms with Crippen LogP contribution >= 0.6 is 0 Å². The van der Waals surface area contributed by atoms with Crippen LogP contribution in [0.5, 0.6) is 0 Å². The second-order valence-electron chi connectivity index (χ2n) is 9.56. The van der Waals surface area contributed by atoms with Gasteiger partial charge in [-0.3, -0.25) is 4.98 Å². The predicted octanol–water partition coefficient (Wildman–Crippen LogP) is 4.04. The monoisotopic (exact) mass is 535 g/mol. The van der Waals surface area contributed by atoms with Gasteiger partial charge in [-0.25, -0.2) is 34.0 Å². The number of pyridine rings is 3. The Balaban J connectivity index is 1.34. The van der Waals surface area contributed by atoms with E-state index >= 15 is 0 Å². The first-order valence-electron chi connectivity index (χ1n) is 13.0. The number of hydrogen-bond donors (Lipinski definition) is 2. The summed E-state index contributed by atoms with van der Waals surface area (Å²) in [7, 11) is 0. The minimum Gasteiger partial charge on any atom is -0.383 e. The fourth-order valence-corrected chi connectivity index (χ4v) is 4.86. The number of nitriles is 1. The highest BCUT2D eigenvalue weighted by atomic mass is 19.1. The summed E-state index contributed by atoms with van der Waals surface area (Å²) in [6.45, 7) is 2.89. The van der Waals surface area contributed by atoms with E-state index in [1.807, 2.05) is 41.1 Å². The maximum Gasteiger partial charge on any atom is 0.234 e. The minimum atomic E-state index is -1.14. The van der Waals surface area contributed by atoms with Gasteiger partial charge < -0.3 is 16.1 Å². The number of aromatic nitrogens is 7. The Morgan fingerprint density at radius 3 is 2.60 bits per heavy atom. The number of alkyl halides is 1. The van der Waals surface area contributed by atoms with Crippen LogP contribution in [-0.2, 0) is 0 Å². The second kappa shape index (κ2) is 10.5. The molecule has 3 N–H and O–H groups in total. The number of nitrogens with one attached hydrogen (secondary N) is 1. The van der Waals surface area contributed by atoms with Crippen LogP contribution in [0.4, 0.5) is 16.0 Å². The quantitative estimate of drug-likeness (QED) is 0.326. The highest BCUT2D eigenvalue weighted by Gasteiger charge is 2.26. The molecule has 1 aliphatic rings. The molecule has 0 aliphatic carbocycles. The van der Waals surface area contributed by atoms with Crippen LogP contribution < -0.4 is 16.1 Å². The van der Waals surface area contributed by atoms with Crippen LogP contribution in [0.3, 0.4) is 0 Å². The fraction of sp³-hybridized carbons (Fsp3) is 0.250. The van der Waals surface area contributed by atoms with E-state index < -0.39 is 6.17 Å². The van der Waals surface area contributed by atoms with Gasteiger partial charge in [0.05, 0.1) is 17.0 Å². The van der Waals surface area contributed by atoms with Crippen LogP contribution in [0.1, 0.15) is 37.5 Å². The zero-order valence-corrected chi connectivity index (χ0v) is 21.7. The van der Waals surface area contributed by atoms with Gasteiger partial charge >= 0.3 is 0 Å². The molecule has 1 saturated heterocycles. The van der Waals surface area contributed by atoms with Gasteiger partial charge in [0.25, 0.3) is 0 Å². The first-order valence-corrected chi connectivity index (χ1v) is 13.0. The summed E-state index contributed by atoms with van der Waals surface area (Å²) >= 11 is 0. The summed E-state index contributed by atoms with van der Waals surface area (Å²) < 4.78 is 15.7. The van der Waals surface area contributed by atoms with E-state index in [-0.39, 0.29) is 11.9 Å². The summed E-state index contributed by atoms with van der Waals surface area (Å²) in [4.78, 5) is 26.6. The SMILES string of the molecule is CC(F)c1ccc(-c2ccc3nc(-c4cccnc4N)n(N4CCC(Nc5ccnc(C#N)n5)CC4)c3n2)cn1. The normalized spacial score (nSPS) is 14.7. The van der Waals surface area contributed by atoms with E-state index in [0.717, 1.165) is 24.0 Å². The Morgan fingerprint density at radius 2 is 1.88 bits per heavy atom. The van der Waals surface area contributed by atoms with Crippen LogP contribution in [-0.4, -0.2) is 53.7 Å². The molecule has 0 amide bonds. The molecule has 1 atom stereocenters. The Labute approximate surface area is 229 Å². The minimum absolute atomic E-state index is 0.136. The molecule has 0 radical (unpaired) electrons. The van der Waals surface area contributed by atoms with Crippen molar-refractivity contribution >= 4 is 22.8 Å². The van der Waals surface area contributed by atoms with E-state index in [1.165, 1.54) is 6.92 Å². The van der Waals surface area contributed by atoms with Gasteiger partial charge in [0, 0.05) is 43.3 Å². The number of halogens is 1. The van der Waals surface area contributed by atoms with Gasteiger partial charge in [0.15, 0.2) is 11.5 Å². The van der Waals surface area contributed by atoms with Crippen molar-refractivity contribution in [2.45, 2.75) is 32.0 Å². The lowest BCUT2D eigenvalue weighted by Crippen LogP contribution is -2.45. The van der Waals surface area contributed by atoms with Crippen molar-refractivity contribution in [1.82, 2.24) is 34.6 Å². The molecular formula is C28H26FN11. The van der Waals surface area contributed by atoms with Gasteiger partial charge in [-0.15, -0.1) is 0 Å². The Hall–Kier alpha value is -5.18. The van der Waals surface area contributed by atoms with Gasteiger partial charge in [-0.1, -0.05) is 0 Å². The predicted molar refractivity (Wildman–Crippen MR) is 149 cm³/mol. The molecule has 1 aliphatic heterocycles. The Kier molecular flexibility index (Phi) is 6.61. The first-order chi connectivity index (χ1) is 19.5. The van der Waals surface area contributed by atoms with Crippen molar-refractivity contribution in [3.63, 3.8) is 0 Å². The average Bonchev–Trinajstić information content (AvgIpc) is 3.36. The molecule has 1 unspecified atom stereocenters. The molecular weight excluding hydrogens is 509 g/mol. The Bertz CT molecular complexity index is 1700. The van der Waals surface area contributed by atoms with Gasteiger partial charge in [0.1, 0.15) is 29.4 Å². The molecule has 0 spiro atoms. The maximum atomic E-state index is 13.7. The summed E-state index contributed by atoms with van der Waals surface area (Å²) in [6.07, 6.45) is 5.37. The average molecular weight is 536 g/mol. The van der Waals surface area contributed by atoms with Crippen molar-refractivity contribution in [2.75, 3.05) is 29.1 Å². The standard InChI is InChI=1S/C28H26FN11/c1-17(29)21-5-4-18(16-34-21)22-6-7-23-28(36-22)40(27(37-23)20-3-2-11-33-26(20)31)39-13-9-19(10-14-39)35-24-8-12-32-25(15-30)38-24/h2-8,11-12,16-17,19H,9-10,13-14H2,1H3,(H2,31,33)(H,32,35,38).